The molecular formula is C72H117N3. The molecule has 6 rings (SSSR count). The lowest BCUT2D eigenvalue weighted by Crippen LogP contribution is -2.09. The fraction of sp³-hybridized carbons (Fsp3) is 0.667. The van der Waals surface area contributed by atoms with E-state index in [-0.39, 0.29) is 0 Å². The second-order valence-electron chi connectivity index (χ2n) is 28.0. The lowest BCUT2D eigenvalue weighted by molar-refractivity contribution is 0.748. The Morgan fingerprint density at radius 3 is 0.440 bits per heavy atom. The third-order valence-corrected chi connectivity index (χ3v) is 16.8. The van der Waals surface area contributed by atoms with Crippen LogP contribution < -0.4 is 0 Å². The van der Waals surface area contributed by atoms with Crippen LogP contribution in [-0.4, -0.2) is 15.0 Å². The number of benzene rings is 3. The first kappa shape index (κ1) is 63.8. The predicted octanol–water partition coefficient (Wildman–Crippen LogP) is 24.3. The molecule has 75 heavy (non-hydrogen) atoms. The highest BCUT2D eigenvalue weighted by Gasteiger charge is 2.32. The van der Waals surface area contributed by atoms with Crippen molar-refractivity contribution < 1.29 is 0 Å². The lowest BCUT2D eigenvalue weighted by Gasteiger charge is -2.27. The van der Waals surface area contributed by atoms with E-state index >= 15 is 0 Å². The summed E-state index contributed by atoms with van der Waals surface area (Å²) in [5.74, 6) is 8.07. The third-order valence-electron chi connectivity index (χ3n) is 16.8. The van der Waals surface area contributed by atoms with Crippen LogP contribution >= 0.6 is 0 Å². The third kappa shape index (κ3) is 12.1. The molecule has 0 amide bonds. The van der Waals surface area contributed by atoms with Gasteiger partial charge < -0.3 is 15.0 Å². The number of H-pyrrole nitrogens is 3. The van der Waals surface area contributed by atoms with Crippen molar-refractivity contribution in [2.45, 2.75) is 317 Å². The molecule has 3 nitrogen and oxygen atoms in total. The first-order valence-electron chi connectivity index (χ1n) is 30.7. The molecule has 0 aliphatic carbocycles. The second-order valence-corrected chi connectivity index (χ2v) is 28.0. The zero-order valence-electron chi connectivity index (χ0n) is 55.2. The van der Waals surface area contributed by atoms with Crippen LogP contribution in [0.1, 0.15) is 397 Å². The molecule has 0 bridgehead atoms. The van der Waals surface area contributed by atoms with Crippen LogP contribution in [0.5, 0.6) is 0 Å². The van der Waals surface area contributed by atoms with Crippen LogP contribution in [0.15, 0.2) is 0 Å². The van der Waals surface area contributed by atoms with Crippen molar-refractivity contribution in [3.8, 4) is 0 Å². The van der Waals surface area contributed by atoms with Gasteiger partial charge in [0.15, 0.2) is 0 Å². The topological polar surface area (TPSA) is 47.4 Å². The maximum Gasteiger partial charge on any atom is 0.0494 e. The molecule has 3 aromatic carbocycles. The first-order valence-corrected chi connectivity index (χ1v) is 30.7. The van der Waals surface area contributed by atoms with Gasteiger partial charge in [-0.2, -0.15) is 0 Å². The van der Waals surface area contributed by atoms with E-state index < -0.39 is 0 Å². The van der Waals surface area contributed by atoms with E-state index in [4.69, 9.17) is 0 Å². The molecule has 0 saturated carbocycles. The minimum absolute atomic E-state index is 0.522. The molecule has 0 saturated heterocycles. The van der Waals surface area contributed by atoms with E-state index in [1.807, 2.05) is 0 Å². The Kier molecular flexibility index (Phi) is 21.2. The van der Waals surface area contributed by atoms with Gasteiger partial charge in [0.25, 0.3) is 0 Å². The Bertz CT molecular complexity index is 2580. The number of aromatic nitrogens is 3. The minimum atomic E-state index is 0.522. The molecular weight excluding hydrogens is 907 g/mol. The van der Waals surface area contributed by atoms with E-state index in [9.17, 15) is 0 Å². The molecule has 0 radical (unpaired) electrons. The van der Waals surface area contributed by atoms with E-state index in [1.165, 1.54) is 66.5 Å². The van der Waals surface area contributed by atoms with Gasteiger partial charge >= 0.3 is 0 Å². The van der Waals surface area contributed by atoms with Crippen LogP contribution in [0.2, 0.25) is 0 Å². The van der Waals surface area contributed by atoms with Gasteiger partial charge in [-0.25, -0.2) is 0 Å². The standard InChI is InChI=1S/3C24H39N/c3*1-12(2)18-17(11)24-22(20(14(5)6)19(18)13(3)4)21(15(7)8)23(25-24)16(9)10/h3*12-16,25H,1-11H3. The summed E-state index contributed by atoms with van der Waals surface area (Å²) in [6.07, 6.45) is 0. The highest BCUT2D eigenvalue weighted by Crippen LogP contribution is 2.49. The summed E-state index contributed by atoms with van der Waals surface area (Å²) < 4.78 is 0. The quantitative estimate of drug-likeness (QED) is 0.0918. The number of hydrogen-bond donors (Lipinski definition) is 3. The van der Waals surface area contributed by atoms with Crippen molar-refractivity contribution in [3.05, 3.63) is 101 Å². The molecule has 0 atom stereocenters. The Morgan fingerprint density at radius 1 is 0.173 bits per heavy atom. The monoisotopic (exact) mass is 1020 g/mol. The Balaban J connectivity index is 0.000000243. The number of aryl methyl sites for hydroxylation is 3. The van der Waals surface area contributed by atoms with Gasteiger partial charge in [0.2, 0.25) is 0 Å². The predicted molar refractivity (Wildman–Crippen MR) is 340 cm³/mol. The molecule has 0 aliphatic heterocycles. The fourth-order valence-electron chi connectivity index (χ4n) is 14.2. The highest BCUT2D eigenvalue weighted by atomic mass is 14.8. The smallest absolute Gasteiger partial charge is 0.0494 e. The molecule has 0 aliphatic rings. The average Bonchev–Trinajstić information content (AvgIpc) is 3.99. The Labute approximate surface area is 463 Å². The van der Waals surface area contributed by atoms with Crippen molar-refractivity contribution >= 4 is 32.7 Å². The first-order chi connectivity index (χ1) is 34.5. The summed E-state index contributed by atoms with van der Waals surface area (Å²) >= 11 is 0. The average molecular weight is 1020 g/mol. The van der Waals surface area contributed by atoms with Gasteiger partial charge in [0.1, 0.15) is 0 Å². The number of nitrogens with one attached hydrogen (secondary N) is 3. The molecule has 0 unspecified atom stereocenters. The number of aromatic amines is 3. The fourth-order valence-corrected chi connectivity index (χ4v) is 14.2. The molecule has 0 fully saturated rings. The van der Waals surface area contributed by atoms with Gasteiger partial charge in [-0.1, -0.05) is 208 Å². The van der Waals surface area contributed by atoms with Gasteiger partial charge in [-0.3, -0.25) is 0 Å². The normalized spacial score (nSPS) is 12.8. The van der Waals surface area contributed by atoms with Crippen molar-refractivity contribution in [1.82, 2.24) is 15.0 Å². The van der Waals surface area contributed by atoms with Crippen molar-refractivity contribution in [1.29, 1.82) is 0 Å². The van der Waals surface area contributed by atoms with Gasteiger partial charge in [0, 0.05) is 49.8 Å². The number of hydrogen-bond acceptors (Lipinski definition) is 0. The van der Waals surface area contributed by atoms with Crippen LogP contribution in [-0.2, 0) is 0 Å². The number of fused-ring (bicyclic) bond motifs is 3. The largest absolute Gasteiger partial charge is 0.358 e. The van der Waals surface area contributed by atoms with E-state index in [0.29, 0.717) is 88.8 Å². The Hall–Kier alpha value is -3.72. The maximum absolute atomic E-state index is 3.87. The van der Waals surface area contributed by atoms with Crippen LogP contribution in [0.4, 0.5) is 0 Å². The summed E-state index contributed by atoms with van der Waals surface area (Å²) in [5, 5.41) is 4.58. The summed E-state index contributed by atoms with van der Waals surface area (Å²) in [5.41, 5.74) is 31.8. The van der Waals surface area contributed by atoms with Crippen molar-refractivity contribution in [2.24, 2.45) is 0 Å². The maximum atomic E-state index is 3.87. The second kappa shape index (κ2) is 24.9. The number of rotatable bonds is 15. The van der Waals surface area contributed by atoms with Gasteiger partial charge in [-0.15, -0.1) is 0 Å². The molecule has 3 aromatic heterocycles. The van der Waals surface area contributed by atoms with Crippen molar-refractivity contribution in [3.63, 3.8) is 0 Å². The van der Waals surface area contributed by atoms with E-state index in [1.54, 1.807) is 66.8 Å². The molecule has 420 valence electrons. The summed E-state index contributed by atoms with van der Waals surface area (Å²) in [6.45, 7) is 77.4. The molecule has 3 heteroatoms. The highest BCUT2D eigenvalue weighted by molar-refractivity contribution is 5.96. The van der Waals surface area contributed by atoms with E-state index in [2.05, 4.69) is 243 Å². The van der Waals surface area contributed by atoms with Gasteiger partial charge in [-0.05, 0) is 193 Å². The van der Waals surface area contributed by atoms with Crippen molar-refractivity contribution in [2.75, 3.05) is 0 Å². The zero-order valence-corrected chi connectivity index (χ0v) is 55.2. The van der Waals surface area contributed by atoms with Crippen LogP contribution in [0.3, 0.4) is 0 Å². The summed E-state index contributed by atoms with van der Waals surface area (Å²) in [6, 6.07) is 0. The molecule has 3 heterocycles. The van der Waals surface area contributed by atoms with Crippen LogP contribution in [0, 0.1) is 20.8 Å². The summed E-state index contributed by atoms with van der Waals surface area (Å²) in [7, 11) is 0. The lowest BCUT2D eigenvalue weighted by atomic mass is 9.77. The van der Waals surface area contributed by atoms with Gasteiger partial charge in [0.05, 0.1) is 0 Å². The molecule has 3 N–H and O–H groups in total. The molecule has 0 spiro atoms. The SMILES string of the molecule is Cc1c(C(C)C)c(C(C)C)c(C(C)C)c2c(C(C)C)c(C(C)C)[nH]c12.Cc1c(C(C)C)c(C(C)C)c(C(C)C)c2c(C(C)C)c(C(C)C)[nH]c12.Cc1c(C(C)C)c(C(C)C)c(C(C)C)c2c(C(C)C)c(C(C)C)[nH]c12. The van der Waals surface area contributed by atoms with E-state index in [0.717, 1.165) is 0 Å². The minimum Gasteiger partial charge on any atom is -0.358 e. The summed E-state index contributed by atoms with van der Waals surface area (Å²) in [4.78, 5) is 11.6. The molecule has 6 aromatic rings. The Morgan fingerprint density at radius 2 is 0.320 bits per heavy atom. The zero-order chi connectivity index (χ0) is 57.6. The van der Waals surface area contributed by atoms with Crippen LogP contribution in [0.25, 0.3) is 32.7 Å².